The van der Waals surface area contributed by atoms with Crippen LogP contribution in [0.15, 0.2) is 42.7 Å². The summed E-state index contributed by atoms with van der Waals surface area (Å²) in [6.45, 7) is -2.86. The molecule has 0 aliphatic carbocycles. The summed E-state index contributed by atoms with van der Waals surface area (Å²) >= 11 is 0. The summed E-state index contributed by atoms with van der Waals surface area (Å²) in [5.41, 5.74) is 7.47. The molecule has 2 aromatic rings. The van der Waals surface area contributed by atoms with Crippen molar-refractivity contribution in [2.45, 2.75) is 12.7 Å². The van der Waals surface area contributed by atoms with E-state index in [1.165, 1.54) is 19.2 Å². The third-order valence-electron chi connectivity index (χ3n) is 2.77. The summed E-state index contributed by atoms with van der Waals surface area (Å²) in [6, 6.07) is 7.53. The van der Waals surface area contributed by atoms with Crippen molar-refractivity contribution in [1.29, 1.82) is 0 Å². The van der Waals surface area contributed by atoms with Gasteiger partial charge in [-0.1, -0.05) is 12.1 Å². The zero-order chi connectivity index (χ0) is 14.5. The highest BCUT2D eigenvalue weighted by molar-refractivity contribution is 5.37. The maximum absolute atomic E-state index is 12.2. The highest BCUT2D eigenvalue weighted by atomic mass is 19.3. The van der Waals surface area contributed by atoms with Crippen molar-refractivity contribution in [3.8, 4) is 11.5 Å². The lowest BCUT2D eigenvalue weighted by molar-refractivity contribution is -0.0498. The van der Waals surface area contributed by atoms with Gasteiger partial charge >= 0.3 is 6.61 Å². The summed E-state index contributed by atoms with van der Waals surface area (Å²) in [5.74, 6) is 0.654. The second-order valence-corrected chi connectivity index (χ2v) is 4.09. The van der Waals surface area contributed by atoms with E-state index >= 15 is 0 Å². The zero-order valence-electron chi connectivity index (χ0n) is 10.8. The quantitative estimate of drug-likeness (QED) is 0.915. The fourth-order valence-corrected chi connectivity index (χ4v) is 1.79. The molecule has 1 atom stereocenters. The van der Waals surface area contributed by atoms with E-state index in [2.05, 4.69) is 9.72 Å². The lowest BCUT2D eigenvalue weighted by atomic mass is 10.0. The standard InChI is InChI=1S/C14H14F2N2O2/c1-19-12-6-10(7-18-8-12)13(17)9-3-2-4-11(5-9)20-14(15)16/h2-8,13-14H,17H2,1H3. The first-order valence-electron chi connectivity index (χ1n) is 5.89. The second kappa shape index (κ2) is 6.29. The highest BCUT2D eigenvalue weighted by Gasteiger charge is 2.12. The average molecular weight is 280 g/mol. The molecule has 2 rings (SSSR count). The van der Waals surface area contributed by atoms with Gasteiger partial charge in [0.1, 0.15) is 11.5 Å². The number of nitrogens with zero attached hydrogens (tertiary/aromatic N) is 1. The van der Waals surface area contributed by atoms with Crippen molar-refractivity contribution in [2.24, 2.45) is 5.73 Å². The zero-order valence-corrected chi connectivity index (χ0v) is 10.8. The lowest BCUT2D eigenvalue weighted by Gasteiger charge is -2.14. The number of halogens is 2. The van der Waals surface area contributed by atoms with E-state index in [4.69, 9.17) is 10.5 Å². The van der Waals surface area contributed by atoms with Crippen LogP contribution in [0.25, 0.3) is 0 Å². The van der Waals surface area contributed by atoms with Crippen molar-refractivity contribution in [1.82, 2.24) is 4.98 Å². The topological polar surface area (TPSA) is 57.4 Å². The molecule has 0 aliphatic rings. The molecule has 0 bridgehead atoms. The highest BCUT2D eigenvalue weighted by Crippen LogP contribution is 2.25. The summed E-state index contributed by atoms with van der Waals surface area (Å²) in [4.78, 5) is 4.02. The summed E-state index contributed by atoms with van der Waals surface area (Å²) in [7, 11) is 1.53. The molecule has 106 valence electrons. The number of rotatable bonds is 5. The molecule has 1 unspecified atom stereocenters. The van der Waals surface area contributed by atoms with Crippen LogP contribution in [-0.4, -0.2) is 18.7 Å². The van der Waals surface area contributed by atoms with E-state index in [0.29, 0.717) is 11.3 Å². The van der Waals surface area contributed by atoms with Gasteiger partial charge in [0.15, 0.2) is 0 Å². The number of hydrogen-bond donors (Lipinski definition) is 1. The van der Waals surface area contributed by atoms with E-state index in [0.717, 1.165) is 5.56 Å². The number of methoxy groups -OCH3 is 1. The van der Waals surface area contributed by atoms with Gasteiger partial charge in [0.2, 0.25) is 0 Å². The number of ether oxygens (including phenoxy) is 2. The van der Waals surface area contributed by atoms with Crippen LogP contribution >= 0.6 is 0 Å². The third-order valence-corrected chi connectivity index (χ3v) is 2.77. The summed E-state index contributed by atoms with van der Waals surface area (Å²) < 4.78 is 33.8. The maximum Gasteiger partial charge on any atom is 0.387 e. The van der Waals surface area contributed by atoms with Crippen molar-refractivity contribution in [3.05, 3.63) is 53.9 Å². The average Bonchev–Trinajstić information content (AvgIpc) is 2.46. The van der Waals surface area contributed by atoms with Gasteiger partial charge in [0.05, 0.1) is 19.3 Å². The SMILES string of the molecule is COc1cncc(C(N)c2cccc(OC(F)F)c2)c1. The number of alkyl halides is 2. The summed E-state index contributed by atoms with van der Waals surface area (Å²) in [6.07, 6.45) is 3.17. The first-order chi connectivity index (χ1) is 9.60. The fourth-order valence-electron chi connectivity index (χ4n) is 1.79. The van der Waals surface area contributed by atoms with Gasteiger partial charge < -0.3 is 15.2 Å². The number of nitrogens with two attached hydrogens (primary N) is 1. The normalized spacial score (nSPS) is 12.2. The van der Waals surface area contributed by atoms with Crippen LogP contribution in [0.2, 0.25) is 0 Å². The van der Waals surface area contributed by atoms with Gasteiger partial charge in [-0.05, 0) is 29.3 Å². The molecule has 6 heteroatoms. The Hall–Kier alpha value is -2.21. The molecule has 20 heavy (non-hydrogen) atoms. The van der Waals surface area contributed by atoms with E-state index in [-0.39, 0.29) is 5.75 Å². The van der Waals surface area contributed by atoms with E-state index in [1.807, 2.05) is 0 Å². The van der Waals surface area contributed by atoms with Crippen molar-refractivity contribution in [2.75, 3.05) is 7.11 Å². The Morgan fingerprint density at radius 2 is 1.85 bits per heavy atom. The van der Waals surface area contributed by atoms with Gasteiger partial charge in [-0.15, -0.1) is 0 Å². The minimum atomic E-state index is -2.86. The van der Waals surface area contributed by atoms with Crippen LogP contribution in [0.4, 0.5) is 8.78 Å². The smallest absolute Gasteiger partial charge is 0.387 e. The molecule has 0 saturated carbocycles. The fraction of sp³-hybridized carbons (Fsp3) is 0.214. The monoisotopic (exact) mass is 280 g/mol. The molecule has 1 aromatic carbocycles. The molecular weight excluding hydrogens is 266 g/mol. The molecule has 0 aliphatic heterocycles. The molecule has 1 heterocycles. The molecule has 4 nitrogen and oxygen atoms in total. The van der Waals surface area contributed by atoms with Crippen LogP contribution in [0, 0.1) is 0 Å². The molecule has 1 aromatic heterocycles. The third kappa shape index (κ3) is 3.42. The minimum absolute atomic E-state index is 0.0730. The molecule has 0 saturated heterocycles. The molecule has 2 N–H and O–H groups in total. The van der Waals surface area contributed by atoms with Crippen LogP contribution in [-0.2, 0) is 0 Å². The van der Waals surface area contributed by atoms with Crippen molar-refractivity contribution >= 4 is 0 Å². The van der Waals surface area contributed by atoms with E-state index < -0.39 is 12.7 Å². The first-order valence-corrected chi connectivity index (χ1v) is 5.89. The second-order valence-electron chi connectivity index (χ2n) is 4.09. The van der Waals surface area contributed by atoms with Gasteiger partial charge in [-0.3, -0.25) is 4.98 Å². The maximum atomic E-state index is 12.2. The number of aromatic nitrogens is 1. The minimum Gasteiger partial charge on any atom is -0.495 e. The van der Waals surface area contributed by atoms with Gasteiger partial charge in [-0.2, -0.15) is 8.78 Å². The Morgan fingerprint density at radius 3 is 2.55 bits per heavy atom. The predicted octanol–water partition coefficient (Wildman–Crippen LogP) is 2.74. The molecule has 0 radical (unpaired) electrons. The Labute approximate surface area is 115 Å². The number of benzene rings is 1. The van der Waals surface area contributed by atoms with Crippen LogP contribution in [0.3, 0.4) is 0 Å². The Bertz CT molecular complexity index is 579. The van der Waals surface area contributed by atoms with Crippen LogP contribution in [0.5, 0.6) is 11.5 Å². The van der Waals surface area contributed by atoms with Crippen LogP contribution in [0.1, 0.15) is 17.2 Å². The van der Waals surface area contributed by atoms with E-state index in [1.54, 1.807) is 30.6 Å². The Balaban J connectivity index is 2.25. The van der Waals surface area contributed by atoms with Gasteiger partial charge in [-0.25, -0.2) is 0 Å². The lowest BCUT2D eigenvalue weighted by Crippen LogP contribution is -2.12. The van der Waals surface area contributed by atoms with Crippen LogP contribution < -0.4 is 15.2 Å². The molecule has 0 fully saturated rings. The van der Waals surface area contributed by atoms with Crippen molar-refractivity contribution < 1.29 is 18.3 Å². The first kappa shape index (κ1) is 14.2. The summed E-state index contributed by atoms with van der Waals surface area (Å²) in [5, 5.41) is 0. The molecule has 0 amide bonds. The molecule has 0 spiro atoms. The van der Waals surface area contributed by atoms with E-state index in [9.17, 15) is 8.78 Å². The Kier molecular flexibility index (Phi) is 4.47. The molecular formula is C14H14F2N2O2. The van der Waals surface area contributed by atoms with Gasteiger partial charge in [0.25, 0.3) is 0 Å². The van der Waals surface area contributed by atoms with Gasteiger partial charge in [0, 0.05) is 6.20 Å². The predicted molar refractivity (Wildman–Crippen MR) is 69.9 cm³/mol. The Morgan fingerprint density at radius 1 is 1.10 bits per heavy atom. The number of hydrogen-bond acceptors (Lipinski definition) is 4. The largest absolute Gasteiger partial charge is 0.495 e. The number of pyridine rings is 1. The van der Waals surface area contributed by atoms with Crippen molar-refractivity contribution in [3.63, 3.8) is 0 Å².